The molecule has 0 spiro atoms. The summed E-state index contributed by atoms with van der Waals surface area (Å²) in [5, 5.41) is 0. The molecule has 1 aromatic carbocycles. The molecule has 1 saturated heterocycles. The number of hydrogen-bond donors (Lipinski definition) is 1. The molecule has 0 aromatic heterocycles. The lowest BCUT2D eigenvalue weighted by molar-refractivity contribution is 0.192. The summed E-state index contributed by atoms with van der Waals surface area (Å²) >= 11 is 0. The molecular weight excluding hydrogens is 320 g/mol. The van der Waals surface area contributed by atoms with Crippen molar-refractivity contribution in [2.45, 2.75) is 50.0 Å². The molecule has 0 saturated carbocycles. The van der Waals surface area contributed by atoms with Gasteiger partial charge in [-0.25, -0.2) is 8.42 Å². The minimum absolute atomic E-state index is 0. The third-order valence-electron chi connectivity index (χ3n) is 4.98. The van der Waals surface area contributed by atoms with Crippen molar-refractivity contribution in [2.75, 3.05) is 13.1 Å². The monoisotopic (exact) mass is 344 g/mol. The van der Waals surface area contributed by atoms with Crippen LogP contribution < -0.4 is 5.73 Å². The number of halogens is 1. The summed E-state index contributed by atoms with van der Waals surface area (Å²) in [6.45, 7) is 3.08. The summed E-state index contributed by atoms with van der Waals surface area (Å²) in [4.78, 5) is 0.440. The van der Waals surface area contributed by atoms with E-state index in [4.69, 9.17) is 5.73 Å². The predicted molar refractivity (Wildman–Crippen MR) is 90.8 cm³/mol. The molecule has 1 aromatic rings. The Balaban J connectivity index is 0.00000176. The average molecular weight is 345 g/mol. The van der Waals surface area contributed by atoms with Gasteiger partial charge in [0, 0.05) is 19.1 Å². The molecule has 2 unspecified atom stereocenters. The summed E-state index contributed by atoms with van der Waals surface area (Å²) in [7, 11) is -3.42. The quantitative estimate of drug-likeness (QED) is 0.915. The van der Waals surface area contributed by atoms with E-state index in [1.807, 2.05) is 12.1 Å². The third kappa shape index (κ3) is 3.04. The predicted octanol–water partition coefficient (Wildman–Crippen LogP) is 2.35. The Kier molecular flexibility index (Phi) is 5.54. The molecule has 2 N–H and O–H groups in total. The first kappa shape index (κ1) is 17.7. The number of hydrogen-bond acceptors (Lipinski definition) is 3. The van der Waals surface area contributed by atoms with Gasteiger partial charge in [-0.3, -0.25) is 0 Å². The zero-order valence-electron chi connectivity index (χ0n) is 13.0. The van der Waals surface area contributed by atoms with Crippen LogP contribution in [0.4, 0.5) is 0 Å². The van der Waals surface area contributed by atoms with E-state index in [-0.39, 0.29) is 18.4 Å². The van der Waals surface area contributed by atoms with Gasteiger partial charge in [0.2, 0.25) is 10.0 Å². The zero-order chi connectivity index (χ0) is 15.0. The minimum atomic E-state index is -3.42. The van der Waals surface area contributed by atoms with Crippen LogP contribution in [-0.4, -0.2) is 31.9 Å². The summed E-state index contributed by atoms with van der Waals surface area (Å²) in [5.41, 5.74) is 8.34. The van der Waals surface area contributed by atoms with E-state index >= 15 is 0 Å². The largest absolute Gasteiger partial charge is 0.329 e. The lowest BCUT2D eigenvalue weighted by atomic mass is 9.93. The first-order chi connectivity index (χ1) is 10.0. The van der Waals surface area contributed by atoms with Gasteiger partial charge in [-0.05, 0) is 61.3 Å². The van der Waals surface area contributed by atoms with Gasteiger partial charge < -0.3 is 5.73 Å². The van der Waals surface area contributed by atoms with Crippen molar-refractivity contribution in [2.24, 2.45) is 11.7 Å². The van der Waals surface area contributed by atoms with Crippen molar-refractivity contribution in [1.29, 1.82) is 0 Å². The minimum Gasteiger partial charge on any atom is -0.329 e. The van der Waals surface area contributed by atoms with Crippen LogP contribution in [0.1, 0.15) is 37.3 Å². The lowest BCUT2D eigenvalue weighted by Crippen LogP contribution is -2.51. The van der Waals surface area contributed by atoms with Crippen molar-refractivity contribution in [1.82, 2.24) is 4.31 Å². The van der Waals surface area contributed by atoms with Crippen LogP contribution in [0.15, 0.2) is 23.1 Å². The number of nitrogens with two attached hydrogens (primary N) is 1. The average Bonchev–Trinajstić information content (AvgIpc) is 2.94. The standard InChI is InChI=1S/C16H24N2O2S.ClH/c1-12-4-3-9-18(16(12)11-17)21(19,20)15-8-7-13-5-2-6-14(13)10-15;/h7-8,10,12,16H,2-6,9,11,17H2,1H3;1H. The van der Waals surface area contributed by atoms with Gasteiger partial charge in [0.05, 0.1) is 4.90 Å². The maximum absolute atomic E-state index is 13.0. The Labute approximate surface area is 139 Å². The number of fused-ring (bicyclic) bond motifs is 1. The molecule has 0 radical (unpaired) electrons. The molecule has 1 aliphatic carbocycles. The number of benzene rings is 1. The van der Waals surface area contributed by atoms with Gasteiger partial charge in [0.1, 0.15) is 0 Å². The molecule has 3 rings (SSSR count). The van der Waals surface area contributed by atoms with E-state index in [0.29, 0.717) is 23.9 Å². The summed E-state index contributed by atoms with van der Waals surface area (Å²) in [5.74, 6) is 0.327. The van der Waals surface area contributed by atoms with Gasteiger partial charge >= 0.3 is 0 Å². The normalized spacial score (nSPS) is 25.5. The second-order valence-electron chi connectivity index (χ2n) is 6.32. The first-order valence-electron chi connectivity index (χ1n) is 7.88. The van der Waals surface area contributed by atoms with Crippen LogP contribution in [0.5, 0.6) is 0 Å². The van der Waals surface area contributed by atoms with Crippen LogP contribution in [0, 0.1) is 5.92 Å². The van der Waals surface area contributed by atoms with Crippen LogP contribution in [0.3, 0.4) is 0 Å². The zero-order valence-corrected chi connectivity index (χ0v) is 14.6. The van der Waals surface area contributed by atoms with Gasteiger partial charge in [0.25, 0.3) is 0 Å². The molecule has 0 amide bonds. The Bertz CT molecular complexity index is 633. The fourth-order valence-corrected chi connectivity index (χ4v) is 5.53. The highest BCUT2D eigenvalue weighted by atomic mass is 35.5. The van der Waals surface area contributed by atoms with Gasteiger partial charge in [-0.1, -0.05) is 13.0 Å². The first-order valence-corrected chi connectivity index (χ1v) is 9.32. The highest BCUT2D eigenvalue weighted by Gasteiger charge is 2.36. The van der Waals surface area contributed by atoms with E-state index in [9.17, 15) is 8.42 Å². The van der Waals surface area contributed by atoms with Crippen molar-refractivity contribution >= 4 is 22.4 Å². The van der Waals surface area contributed by atoms with E-state index in [1.54, 1.807) is 10.4 Å². The van der Waals surface area contributed by atoms with E-state index < -0.39 is 10.0 Å². The van der Waals surface area contributed by atoms with Crippen molar-refractivity contribution < 1.29 is 8.42 Å². The maximum atomic E-state index is 13.0. The Hall–Kier alpha value is -0.620. The number of rotatable bonds is 3. The van der Waals surface area contributed by atoms with Crippen LogP contribution in [-0.2, 0) is 22.9 Å². The lowest BCUT2D eigenvalue weighted by Gasteiger charge is -2.38. The van der Waals surface area contributed by atoms with Gasteiger partial charge in [-0.2, -0.15) is 4.31 Å². The second-order valence-corrected chi connectivity index (χ2v) is 8.21. The molecule has 6 heteroatoms. The van der Waals surface area contributed by atoms with E-state index in [1.165, 1.54) is 11.1 Å². The Morgan fingerprint density at radius 2 is 1.95 bits per heavy atom. The second kappa shape index (κ2) is 6.87. The molecule has 124 valence electrons. The molecule has 1 fully saturated rings. The van der Waals surface area contributed by atoms with Gasteiger partial charge in [-0.15, -0.1) is 12.4 Å². The SMILES string of the molecule is CC1CCCN(S(=O)(=O)c2ccc3c(c2)CCC3)C1CN.Cl. The molecule has 22 heavy (non-hydrogen) atoms. The van der Waals surface area contributed by atoms with Crippen molar-refractivity contribution in [3.8, 4) is 0 Å². The summed E-state index contributed by atoms with van der Waals surface area (Å²) in [6, 6.07) is 5.56. The molecule has 4 nitrogen and oxygen atoms in total. The maximum Gasteiger partial charge on any atom is 0.243 e. The number of sulfonamides is 1. The molecule has 1 aliphatic heterocycles. The fraction of sp³-hybridized carbons (Fsp3) is 0.625. The Morgan fingerprint density at radius 3 is 2.68 bits per heavy atom. The van der Waals surface area contributed by atoms with Crippen molar-refractivity contribution in [3.63, 3.8) is 0 Å². The molecule has 2 aliphatic rings. The molecular formula is C16H25ClN2O2S. The highest BCUT2D eigenvalue weighted by Crippen LogP contribution is 2.31. The summed E-state index contributed by atoms with van der Waals surface area (Å²) < 4.78 is 27.6. The topological polar surface area (TPSA) is 63.4 Å². The van der Waals surface area contributed by atoms with Crippen LogP contribution >= 0.6 is 12.4 Å². The third-order valence-corrected chi connectivity index (χ3v) is 6.90. The molecule has 2 atom stereocenters. The van der Waals surface area contributed by atoms with Crippen molar-refractivity contribution in [3.05, 3.63) is 29.3 Å². The number of aryl methyl sites for hydroxylation is 2. The van der Waals surface area contributed by atoms with Gasteiger partial charge in [0.15, 0.2) is 0 Å². The summed E-state index contributed by atoms with van der Waals surface area (Å²) in [6.07, 6.45) is 5.17. The Morgan fingerprint density at radius 1 is 1.23 bits per heavy atom. The highest BCUT2D eigenvalue weighted by molar-refractivity contribution is 7.89. The smallest absolute Gasteiger partial charge is 0.243 e. The molecule has 0 bridgehead atoms. The number of piperidine rings is 1. The van der Waals surface area contributed by atoms with E-state index in [2.05, 4.69) is 6.92 Å². The van der Waals surface area contributed by atoms with Crippen LogP contribution in [0.2, 0.25) is 0 Å². The number of nitrogens with zero attached hydrogens (tertiary/aromatic N) is 1. The molecule has 1 heterocycles. The van der Waals surface area contributed by atoms with Crippen LogP contribution in [0.25, 0.3) is 0 Å². The van der Waals surface area contributed by atoms with E-state index in [0.717, 1.165) is 32.1 Å². The fourth-order valence-electron chi connectivity index (χ4n) is 3.70.